The molecular formula is C10H17NO4S. The van der Waals surface area contributed by atoms with E-state index in [2.05, 4.69) is 0 Å². The smallest absolute Gasteiger partial charge is 0.410 e. The molecule has 6 heteroatoms. The number of amides is 1. The highest BCUT2D eigenvalue weighted by atomic mass is 32.2. The zero-order valence-corrected chi connectivity index (χ0v) is 10.6. The van der Waals surface area contributed by atoms with Crippen LogP contribution in [0.5, 0.6) is 0 Å². The van der Waals surface area contributed by atoms with Gasteiger partial charge in [0.05, 0.1) is 23.6 Å². The Morgan fingerprint density at radius 3 is 2.19 bits per heavy atom. The van der Waals surface area contributed by atoms with Crippen LogP contribution in [0.25, 0.3) is 0 Å². The molecule has 5 nitrogen and oxygen atoms in total. The van der Waals surface area contributed by atoms with Gasteiger partial charge in [0, 0.05) is 0 Å². The minimum Gasteiger partial charge on any atom is -0.444 e. The number of rotatable bonds is 0. The van der Waals surface area contributed by atoms with Crippen LogP contribution in [-0.2, 0) is 14.6 Å². The maximum atomic E-state index is 11.8. The highest BCUT2D eigenvalue weighted by Crippen LogP contribution is 2.34. The lowest BCUT2D eigenvalue weighted by Gasteiger charge is -2.51. The fourth-order valence-electron chi connectivity index (χ4n) is 2.27. The molecule has 0 N–H and O–H groups in total. The molecule has 0 aliphatic carbocycles. The fourth-order valence-corrected chi connectivity index (χ4v) is 4.17. The molecular weight excluding hydrogens is 230 g/mol. The second-order valence-corrected chi connectivity index (χ2v) is 7.66. The second-order valence-electron chi connectivity index (χ2n) is 5.51. The summed E-state index contributed by atoms with van der Waals surface area (Å²) in [7, 11) is -2.94. The van der Waals surface area contributed by atoms with Gasteiger partial charge in [-0.05, 0) is 27.2 Å². The van der Waals surface area contributed by atoms with Gasteiger partial charge in [-0.3, -0.25) is 0 Å². The van der Waals surface area contributed by atoms with Crippen LogP contribution in [0.1, 0.15) is 27.2 Å². The van der Waals surface area contributed by atoms with Crippen molar-refractivity contribution in [1.29, 1.82) is 0 Å². The summed E-state index contributed by atoms with van der Waals surface area (Å²) in [5, 5.41) is 0. The fraction of sp³-hybridized carbons (Fsp3) is 0.900. The lowest BCUT2D eigenvalue weighted by atomic mass is 9.96. The summed E-state index contributed by atoms with van der Waals surface area (Å²) in [5.74, 6) is 0.172. The first-order chi connectivity index (χ1) is 7.18. The van der Waals surface area contributed by atoms with Gasteiger partial charge in [-0.1, -0.05) is 0 Å². The van der Waals surface area contributed by atoms with E-state index in [-0.39, 0.29) is 29.7 Å². The Morgan fingerprint density at radius 2 is 1.75 bits per heavy atom. The molecule has 0 aromatic heterocycles. The second kappa shape index (κ2) is 3.35. The van der Waals surface area contributed by atoms with E-state index in [0.717, 1.165) is 6.42 Å². The third-order valence-corrected chi connectivity index (χ3v) is 4.61. The van der Waals surface area contributed by atoms with Crippen molar-refractivity contribution in [2.75, 3.05) is 11.5 Å². The van der Waals surface area contributed by atoms with Crippen LogP contribution in [0.4, 0.5) is 4.79 Å². The largest absolute Gasteiger partial charge is 0.444 e. The Kier molecular flexibility index (Phi) is 2.45. The minimum atomic E-state index is -2.94. The van der Waals surface area contributed by atoms with E-state index < -0.39 is 15.4 Å². The number of sulfone groups is 1. The third-order valence-electron chi connectivity index (χ3n) is 2.83. The van der Waals surface area contributed by atoms with E-state index in [1.54, 1.807) is 25.7 Å². The van der Waals surface area contributed by atoms with Gasteiger partial charge >= 0.3 is 6.09 Å². The molecule has 0 aromatic carbocycles. The normalized spacial score (nSPS) is 31.8. The Bertz CT molecular complexity index is 391. The van der Waals surface area contributed by atoms with Crippen LogP contribution < -0.4 is 0 Å². The zero-order chi connectivity index (χ0) is 12.1. The van der Waals surface area contributed by atoms with Crippen molar-refractivity contribution in [3.63, 3.8) is 0 Å². The van der Waals surface area contributed by atoms with Gasteiger partial charge in [-0.25, -0.2) is 13.2 Å². The van der Waals surface area contributed by atoms with Gasteiger partial charge in [-0.15, -0.1) is 0 Å². The average Bonchev–Trinajstić information content (AvgIpc) is 1.95. The van der Waals surface area contributed by atoms with E-state index in [1.165, 1.54) is 0 Å². The van der Waals surface area contributed by atoms with Crippen molar-refractivity contribution in [2.45, 2.75) is 44.9 Å². The highest BCUT2D eigenvalue weighted by molar-refractivity contribution is 7.91. The summed E-state index contributed by atoms with van der Waals surface area (Å²) in [5.41, 5.74) is -0.528. The highest BCUT2D eigenvalue weighted by Gasteiger charge is 2.51. The quantitative estimate of drug-likeness (QED) is 0.635. The zero-order valence-electron chi connectivity index (χ0n) is 9.76. The number of hydrogen-bond acceptors (Lipinski definition) is 4. The average molecular weight is 247 g/mol. The molecule has 0 saturated carbocycles. The number of carbonyl (C=O) groups excluding carboxylic acids is 1. The van der Waals surface area contributed by atoms with E-state index in [4.69, 9.17) is 4.74 Å². The SMILES string of the molecule is CC(C)(C)OC(=O)N1[C@H]2C[C@H]1CS(=O)(=O)C2. The topological polar surface area (TPSA) is 63.7 Å². The van der Waals surface area contributed by atoms with Crippen LogP contribution in [0.15, 0.2) is 0 Å². The van der Waals surface area contributed by atoms with E-state index in [9.17, 15) is 13.2 Å². The molecule has 16 heavy (non-hydrogen) atoms. The molecule has 3 fully saturated rings. The Hall–Kier alpha value is -0.780. The predicted molar refractivity (Wildman–Crippen MR) is 58.9 cm³/mol. The summed E-state index contributed by atoms with van der Waals surface area (Å²) >= 11 is 0. The Labute approximate surface area is 95.7 Å². The van der Waals surface area contributed by atoms with Crippen LogP contribution >= 0.6 is 0 Å². The van der Waals surface area contributed by atoms with Gasteiger partial charge < -0.3 is 9.64 Å². The molecule has 0 aromatic rings. The summed E-state index contributed by atoms with van der Waals surface area (Å²) in [6, 6.07) is -0.336. The predicted octanol–water partition coefficient (Wildman–Crippen LogP) is 0.793. The van der Waals surface area contributed by atoms with E-state index >= 15 is 0 Å². The molecule has 3 rings (SSSR count). The molecule has 3 aliphatic heterocycles. The number of nitrogens with zero attached hydrogens (tertiary/aromatic N) is 1. The van der Waals surface area contributed by atoms with Crippen LogP contribution in [-0.4, -0.2) is 48.6 Å². The van der Waals surface area contributed by atoms with Crippen molar-refractivity contribution in [3.8, 4) is 0 Å². The standard InChI is InChI=1S/C10H17NO4S/c1-10(2,3)15-9(12)11-7-4-8(11)6-16(13,14)5-7/h7-8H,4-6H2,1-3H3/t7-,8-/m0/s1. The van der Waals surface area contributed by atoms with Crippen molar-refractivity contribution in [2.24, 2.45) is 0 Å². The van der Waals surface area contributed by atoms with Crippen LogP contribution in [0, 0.1) is 0 Å². The van der Waals surface area contributed by atoms with E-state index in [1.807, 2.05) is 0 Å². The van der Waals surface area contributed by atoms with Crippen LogP contribution in [0.2, 0.25) is 0 Å². The summed E-state index contributed by atoms with van der Waals surface area (Å²) in [4.78, 5) is 13.4. The molecule has 0 radical (unpaired) electrons. The number of ether oxygens (including phenoxy) is 1. The lowest BCUT2D eigenvalue weighted by molar-refractivity contribution is -0.0238. The van der Waals surface area contributed by atoms with Gasteiger partial charge in [0.1, 0.15) is 5.60 Å². The molecule has 3 saturated heterocycles. The lowest BCUT2D eigenvalue weighted by Crippen LogP contribution is -2.67. The maximum Gasteiger partial charge on any atom is 0.410 e. The number of carbonyl (C=O) groups is 1. The van der Waals surface area contributed by atoms with Crippen molar-refractivity contribution in [1.82, 2.24) is 4.90 Å². The van der Waals surface area contributed by atoms with Gasteiger partial charge in [0.2, 0.25) is 0 Å². The monoisotopic (exact) mass is 247 g/mol. The summed E-state index contributed by atoms with van der Waals surface area (Å²) in [6.07, 6.45) is 0.405. The Morgan fingerprint density at radius 1 is 1.25 bits per heavy atom. The van der Waals surface area contributed by atoms with Gasteiger partial charge in [-0.2, -0.15) is 0 Å². The minimum absolute atomic E-state index is 0.0861. The maximum absolute atomic E-state index is 11.8. The molecule has 3 aliphatic rings. The molecule has 3 heterocycles. The third kappa shape index (κ3) is 2.16. The first-order valence-electron chi connectivity index (χ1n) is 5.40. The molecule has 0 spiro atoms. The number of fused-ring (bicyclic) bond motifs is 2. The van der Waals surface area contributed by atoms with Crippen molar-refractivity contribution >= 4 is 15.9 Å². The van der Waals surface area contributed by atoms with Crippen LogP contribution in [0.3, 0.4) is 0 Å². The summed E-state index contributed by atoms with van der Waals surface area (Å²) in [6.45, 7) is 5.41. The van der Waals surface area contributed by atoms with Gasteiger partial charge in [0.15, 0.2) is 9.84 Å². The molecule has 1 amide bonds. The molecule has 0 unspecified atom stereocenters. The van der Waals surface area contributed by atoms with Crippen molar-refractivity contribution < 1.29 is 17.9 Å². The Balaban J connectivity index is 2.02. The summed E-state index contributed by atoms with van der Waals surface area (Å²) < 4.78 is 28.0. The molecule has 92 valence electrons. The van der Waals surface area contributed by atoms with E-state index in [0.29, 0.717) is 0 Å². The first-order valence-corrected chi connectivity index (χ1v) is 7.22. The molecule has 2 atom stereocenters. The van der Waals surface area contributed by atoms with Crippen molar-refractivity contribution in [3.05, 3.63) is 0 Å². The van der Waals surface area contributed by atoms with Gasteiger partial charge in [0.25, 0.3) is 0 Å². The molecule has 2 bridgehead atoms. The number of hydrogen-bond donors (Lipinski definition) is 0. The first kappa shape index (κ1) is 11.7.